The van der Waals surface area contributed by atoms with Gasteiger partial charge in [0.2, 0.25) is 0 Å². The molecule has 1 aromatic rings. The Kier molecular flexibility index (Phi) is 2.91. The summed E-state index contributed by atoms with van der Waals surface area (Å²) in [6, 6.07) is 6.73. The molecule has 0 heterocycles. The smallest absolute Gasteiger partial charge is 0.0190 e. The molecule has 0 aliphatic heterocycles. The van der Waals surface area contributed by atoms with E-state index >= 15 is 0 Å². The van der Waals surface area contributed by atoms with Crippen LogP contribution >= 0.6 is 0 Å². The van der Waals surface area contributed by atoms with Gasteiger partial charge in [-0.25, -0.2) is 0 Å². The van der Waals surface area contributed by atoms with Crippen LogP contribution in [0.15, 0.2) is 18.2 Å². The average molecular weight is 162 g/mol. The maximum absolute atomic E-state index is 2.29. The van der Waals surface area contributed by atoms with Gasteiger partial charge in [0, 0.05) is 0 Å². The minimum Gasteiger partial charge on any atom is -0.0648 e. The highest BCUT2D eigenvalue weighted by molar-refractivity contribution is 5.32. The predicted octanol–water partition coefficient (Wildman–Crippen LogP) is 3.82. The summed E-state index contributed by atoms with van der Waals surface area (Å²) in [5, 5.41) is 0. The second-order valence-corrected chi connectivity index (χ2v) is 3.67. The number of aryl methyl sites for hydroxylation is 2. The van der Waals surface area contributed by atoms with Crippen LogP contribution in [0.2, 0.25) is 0 Å². The van der Waals surface area contributed by atoms with Crippen molar-refractivity contribution in [2.24, 2.45) is 0 Å². The fraction of sp³-hybridized carbons (Fsp3) is 0.500. The van der Waals surface area contributed by atoms with Crippen molar-refractivity contribution in [1.82, 2.24) is 0 Å². The lowest BCUT2D eigenvalue weighted by Gasteiger charge is -2.12. The third-order valence-corrected chi connectivity index (χ3v) is 2.57. The van der Waals surface area contributed by atoms with Gasteiger partial charge in [-0.15, -0.1) is 0 Å². The Labute approximate surface area is 75.6 Å². The van der Waals surface area contributed by atoms with Gasteiger partial charge in [-0.3, -0.25) is 0 Å². The quantitative estimate of drug-likeness (QED) is 0.620. The van der Waals surface area contributed by atoms with Crippen LogP contribution in [0.25, 0.3) is 0 Å². The predicted molar refractivity (Wildman–Crippen MR) is 54.6 cm³/mol. The molecule has 0 amide bonds. The topological polar surface area (TPSA) is 0 Å². The number of benzene rings is 1. The second kappa shape index (κ2) is 3.75. The Bertz CT molecular complexity index is 261. The molecule has 1 atom stereocenters. The van der Waals surface area contributed by atoms with Crippen molar-refractivity contribution in [3.63, 3.8) is 0 Å². The Morgan fingerprint density at radius 1 is 1.25 bits per heavy atom. The molecular formula is C12H18. The third-order valence-electron chi connectivity index (χ3n) is 2.57. The van der Waals surface area contributed by atoms with Gasteiger partial charge in [-0.1, -0.05) is 37.6 Å². The zero-order valence-corrected chi connectivity index (χ0v) is 8.52. The van der Waals surface area contributed by atoms with Crippen LogP contribution < -0.4 is 0 Å². The fourth-order valence-corrected chi connectivity index (χ4v) is 1.60. The molecule has 0 aliphatic rings. The van der Waals surface area contributed by atoms with E-state index in [2.05, 4.69) is 45.9 Å². The summed E-state index contributed by atoms with van der Waals surface area (Å²) in [4.78, 5) is 0. The lowest BCUT2D eigenvalue weighted by molar-refractivity contribution is 0.728. The van der Waals surface area contributed by atoms with Gasteiger partial charge >= 0.3 is 0 Å². The van der Waals surface area contributed by atoms with Gasteiger partial charge in [0.05, 0.1) is 0 Å². The summed E-state index contributed by atoms with van der Waals surface area (Å²) in [5.74, 6) is 0.700. The van der Waals surface area contributed by atoms with Crippen molar-refractivity contribution < 1.29 is 0 Å². The van der Waals surface area contributed by atoms with Crippen LogP contribution in [0.5, 0.6) is 0 Å². The number of hydrogen-bond donors (Lipinski definition) is 0. The summed E-state index contributed by atoms with van der Waals surface area (Å²) in [6.45, 7) is 8.88. The van der Waals surface area contributed by atoms with E-state index in [1.165, 1.54) is 23.1 Å². The molecule has 0 bridgehead atoms. The van der Waals surface area contributed by atoms with E-state index < -0.39 is 0 Å². The lowest BCUT2D eigenvalue weighted by Crippen LogP contribution is -1.94. The average Bonchev–Trinajstić information content (AvgIpc) is 2.03. The minimum atomic E-state index is 0.700. The van der Waals surface area contributed by atoms with Crippen molar-refractivity contribution in [1.29, 1.82) is 0 Å². The molecule has 0 aliphatic carbocycles. The van der Waals surface area contributed by atoms with Crippen molar-refractivity contribution in [2.45, 2.75) is 40.0 Å². The molecule has 0 heteroatoms. The highest BCUT2D eigenvalue weighted by Crippen LogP contribution is 2.22. The molecule has 0 N–H and O–H groups in total. The highest BCUT2D eigenvalue weighted by Gasteiger charge is 2.04. The first-order valence-electron chi connectivity index (χ1n) is 4.72. The normalized spacial score (nSPS) is 13.0. The van der Waals surface area contributed by atoms with Crippen molar-refractivity contribution in [2.75, 3.05) is 0 Å². The first kappa shape index (κ1) is 9.31. The standard InChI is InChI=1S/C12H18/c1-5-10(3)12-7-6-9(2)8-11(12)4/h6-8,10H,5H2,1-4H3/t10-/m1/s1. The van der Waals surface area contributed by atoms with Gasteiger partial charge < -0.3 is 0 Å². The van der Waals surface area contributed by atoms with E-state index in [-0.39, 0.29) is 0 Å². The first-order chi connectivity index (χ1) is 5.65. The Hall–Kier alpha value is -0.780. The summed E-state index contributed by atoms with van der Waals surface area (Å²) in [7, 11) is 0. The van der Waals surface area contributed by atoms with Crippen molar-refractivity contribution in [3.8, 4) is 0 Å². The van der Waals surface area contributed by atoms with Gasteiger partial charge in [0.25, 0.3) is 0 Å². The molecule has 12 heavy (non-hydrogen) atoms. The van der Waals surface area contributed by atoms with Crippen LogP contribution in [-0.4, -0.2) is 0 Å². The molecule has 0 radical (unpaired) electrons. The summed E-state index contributed by atoms with van der Waals surface area (Å²) < 4.78 is 0. The van der Waals surface area contributed by atoms with Gasteiger partial charge in [0.15, 0.2) is 0 Å². The van der Waals surface area contributed by atoms with Gasteiger partial charge in [-0.2, -0.15) is 0 Å². The highest BCUT2D eigenvalue weighted by atomic mass is 14.1. The lowest BCUT2D eigenvalue weighted by atomic mass is 9.93. The summed E-state index contributed by atoms with van der Waals surface area (Å²) in [5.41, 5.74) is 4.30. The van der Waals surface area contributed by atoms with Gasteiger partial charge in [0.1, 0.15) is 0 Å². The zero-order valence-electron chi connectivity index (χ0n) is 8.52. The molecule has 0 aromatic heterocycles. The van der Waals surface area contributed by atoms with Crippen LogP contribution in [0.4, 0.5) is 0 Å². The molecular weight excluding hydrogens is 144 g/mol. The van der Waals surface area contributed by atoms with E-state index in [4.69, 9.17) is 0 Å². The fourth-order valence-electron chi connectivity index (χ4n) is 1.60. The van der Waals surface area contributed by atoms with Crippen molar-refractivity contribution in [3.05, 3.63) is 34.9 Å². The molecule has 0 fully saturated rings. The zero-order chi connectivity index (χ0) is 9.14. The van der Waals surface area contributed by atoms with Crippen molar-refractivity contribution >= 4 is 0 Å². The van der Waals surface area contributed by atoms with E-state index in [1.807, 2.05) is 0 Å². The maximum atomic E-state index is 2.29. The molecule has 0 saturated heterocycles. The largest absolute Gasteiger partial charge is 0.0648 e. The van der Waals surface area contributed by atoms with E-state index in [0.717, 1.165) is 0 Å². The molecule has 0 unspecified atom stereocenters. The van der Waals surface area contributed by atoms with E-state index in [9.17, 15) is 0 Å². The SMILES string of the molecule is CC[C@@H](C)c1ccc(C)cc1C. The Morgan fingerprint density at radius 3 is 2.42 bits per heavy atom. The first-order valence-corrected chi connectivity index (χ1v) is 4.72. The van der Waals surface area contributed by atoms with E-state index in [0.29, 0.717) is 5.92 Å². The maximum Gasteiger partial charge on any atom is -0.0190 e. The van der Waals surface area contributed by atoms with Crippen LogP contribution in [0.3, 0.4) is 0 Å². The molecule has 1 rings (SSSR count). The minimum absolute atomic E-state index is 0.700. The molecule has 0 nitrogen and oxygen atoms in total. The van der Waals surface area contributed by atoms with E-state index in [1.54, 1.807) is 0 Å². The molecule has 0 saturated carbocycles. The number of hydrogen-bond acceptors (Lipinski definition) is 0. The monoisotopic (exact) mass is 162 g/mol. The third kappa shape index (κ3) is 1.88. The molecule has 66 valence electrons. The Balaban J connectivity index is 3.01. The summed E-state index contributed by atoms with van der Waals surface area (Å²) in [6.07, 6.45) is 1.23. The second-order valence-electron chi connectivity index (χ2n) is 3.67. The van der Waals surface area contributed by atoms with Crippen LogP contribution in [0, 0.1) is 13.8 Å². The molecule has 1 aromatic carbocycles. The Morgan fingerprint density at radius 2 is 1.92 bits per heavy atom. The van der Waals surface area contributed by atoms with Crippen LogP contribution in [0.1, 0.15) is 42.9 Å². The van der Waals surface area contributed by atoms with Crippen LogP contribution in [-0.2, 0) is 0 Å². The summed E-state index contributed by atoms with van der Waals surface area (Å²) >= 11 is 0. The number of rotatable bonds is 2. The molecule has 0 spiro atoms. The van der Waals surface area contributed by atoms with Gasteiger partial charge in [-0.05, 0) is 37.3 Å².